The third-order valence-corrected chi connectivity index (χ3v) is 2.27. The molecule has 1 rings (SSSR count). The highest BCUT2D eigenvalue weighted by molar-refractivity contribution is 5.67. The van der Waals surface area contributed by atoms with Gasteiger partial charge >= 0.3 is 12.3 Å². The van der Waals surface area contributed by atoms with Crippen molar-refractivity contribution >= 4 is 6.09 Å². The Morgan fingerprint density at radius 1 is 1.63 bits per heavy atom. The molecule has 0 fully saturated rings. The zero-order valence-electron chi connectivity index (χ0n) is 9.99. The van der Waals surface area contributed by atoms with Crippen LogP contribution in [0.25, 0.3) is 0 Å². The molecule has 0 aromatic heterocycles. The number of hydrogen-bond acceptors (Lipinski definition) is 3. The Hall–Kier alpha value is -2.12. The van der Waals surface area contributed by atoms with Gasteiger partial charge in [-0.3, -0.25) is 5.32 Å². The lowest BCUT2D eigenvalue weighted by Crippen LogP contribution is -2.36. The fraction of sp³-hybridized carbons (Fsp3) is 0.364. The number of carboxylic acid groups (broad SMARTS) is 1. The minimum atomic E-state index is -4.47. The van der Waals surface area contributed by atoms with Crippen LogP contribution in [0.5, 0.6) is 0 Å². The molecule has 8 heteroatoms. The molecule has 0 saturated carbocycles. The summed E-state index contributed by atoms with van der Waals surface area (Å²) in [5, 5.41) is 13.3. The van der Waals surface area contributed by atoms with Gasteiger partial charge in [0.05, 0.1) is 6.04 Å². The highest BCUT2D eigenvalue weighted by Gasteiger charge is 2.38. The molecular formula is C11H13F3N2O3. The van der Waals surface area contributed by atoms with Gasteiger partial charge in [0, 0.05) is 11.9 Å². The summed E-state index contributed by atoms with van der Waals surface area (Å²) in [6, 6.07) is -0.670. The van der Waals surface area contributed by atoms with Gasteiger partial charge in [0.15, 0.2) is 6.10 Å². The molecule has 5 nitrogen and oxygen atoms in total. The average molecular weight is 278 g/mol. The van der Waals surface area contributed by atoms with Crippen molar-refractivity contribution in [1.82, 2.24) is 10.6 Å². The summed E-state index contributed by atoms with van der Waals surface area (Å²) in [5.74, 6) is -0.0121. The second-order valence-electron chi connectivity index (χ2n) is 3.80. The van der Waals surface area contributed by atoms with Gasteiger partial charge in [-0.25, -0.2) is 4.79 Å². The Bertz CT molecular complexity index is 429. The number of allylic oxidation sites excluding steroid dienone is 1. The highest BCUT2D eigenvalue weighted by Crippen LogP contribution is 2.25. The minimum absolute atomic E-state index is 0.0121. The lowest BCUT2D eigenvalue weighted by atomic mass is 10.1. The smallest absolute Gasteiger partial charge is 0.425 e. The van der Waals surface area contributed by atoms with Gasteiger partial charge in [0.1, 0.15) is 5.76 Å². The monoisotopic (exact) mass is 278 g/mol. The highest BCUT2D eigenvalue weighted by atomic mass is 19.4. The first-order valence-corrected chi connectivity index (χ1v) is 5.26. The maximum Gasteiger partial charge on any atom is 0.425 e. The fourth-order valence-electron chi connectivity index (χ4n) is 1.27. The van der Waals surface area contributed by atoms with Crippen LogP contribution in [0.15, 0.2) is 36.4 Å². The van der Waals surface area contributed by atoms with Crippen LogP contribution in [0.1, 0.15) is 6.92 Å². The summed E-state index contributed by atoms with van der Waals surface area (Å²) in [6.45, 7) is 4.36. The Morgan fingerprint density at radius 2 is 2.26 bits per heavy atom. The largest absolute Gasteiger partial charge is 0.481 e. The molecule has 19 heavy (non-hydrogen) atoms. The maximum absolute atomic E-state index is 12.3. The van der Waals surface area contributed by atoms with Crippen LogP contribution in [-0.2, 0) is 4.74 Å². The van der Waals surface area contributed by atoms with Gasteiger partial charge in [-0.1, -0.05) is 6.58 Å². The Kier molecular flexibility index (Phi) is 4.47. The lowest BCUT2D eigenvalue weighted by Gasteiger charge is -2.24. The van der Waals surface area contributed by atoms with Crippen molar-refractivity contribution in [2.45, 2.75) is 25.2 Å². The molecule has 1 aliphatic rings. The molecule has 1 aliphatic heterocycles. The second-order valence-corrected chi connectivity index (χ2v) is 3.80. The molecule has 2 unspecified atom stereocenters. The standard InChI is InChI=1S/C11H13F3N2O3/c1-6(16-10(17)18)9-5-8(3-4-15-9)19-7(2)11(12,13)14/h3-5,7,9,15-16H,1H2,2H3,(H,17,18). The van der Waals surface area contributed by atoms with Gasteiger partial charge in [0.25, 0.3) is 0 Å². The van der Waals surface area contributed by atoms with Crippen LogP contribution >= 0.6 is 0 Å². The molecule has 1 amide bonds. The van der Waals surface area contributed by atoms with Gasteiger partial charge in [0.2, 0.25) is 0 Å². The van der Waals surface area contributed by atoms with Gasteiger partial charge < -0.3 is 15.2 Å². The molecule has 3 N–H and O–H groups in total. The van der Waals surface area contributed by atoms with E-state index in [2.05, 4.69) is 11.9 Å². The van der Waals surface area contributed by atoms with E-state index < -0.39 is 24.4 Å². The Morgan fingerprint density at radius 3 is 2.79 bits per heavy atom. The third-order valence-electron chi connectivity index (χ3n) is 2.27. The fourth-order valence-corrected chi connectivity index (χ4v) is 1.27. The van der Waals surface area contributed by atoms with Gasteiger partial charge in [-0.05, 0) is 19.1 Å². The minimum Gasteiger partial charge on any atom is -0.481 e. The number of dihydropyridines is 1. The molecule has 0 radical (unpaired) electrons. The van der Waals surface area contributed by atoms with E-state index in [1.54, 1.807) is 0 Å². The quantitative estimate of drug-likeness (QED) is 0.736. The van der Waals surface area contributed by atoms with Crippen molar-refractivity contribution in [2.24, 2.45) is 0 Å². The third kappa shape index (κ3) is 4.57. The summed E-state index contributed by atoms with van der Waals surface area (Å²) < 4.78 is 41.7. The van der Waals surface area contributed by atoms with E-state index in [4.69, 9.17) is 9.84 Å². The number of ether oxygens (including phenoxy) is 1. The number of rotatable bonds is 4. The van der Waals surface area contributed by atoms with E-state index in [9.17, 15) is 18.0 Å². The summed E-state index contributed by atoms with van der Waals surface area (Å²) >= 11 is 0. The summed E-state index contributed by atoms with van der Waals surface area (Å²) in [6.07, 6.45) is -3.75. The molecule has 0 spiro atoms. The van der Waals surface area contributed by atoms with Crippen molar-refractivity contribution in [3.63, 3.8) is 0 Å². The van der Waals surface area contributed by atoms with Crippen LogP contribution in [0.4, 0.5) is 18.0 Å². The first kappa shape index (κ1) is 14.9. The van der Waals surface area contributed by atoms with E-state index in [1.807, 2.05) is 5.32 Å². The van der Waals surface area contributed by atoms with E-state index in [0.29, 0.717) is 0 Å². The van der Waals surface area contributed by atoms with Crippen molar-refractivity contribution in [3.8, 4) is 0 Å². The summed E-state index contributed by atoms with van der Waals surface area (Å²) in [7, 11) is 0. The molecule has 0 aromatic rings. The number of alkyl halides is 3. The molecule has 0 saturated heterocycles. The Labute approximate surface area is 107 Å². The number of carbonyl (C=O) groups is 1. The number of amides is 1. The van der Waals surface area contributed by atoms with Crippen LogP contribution in [0.3, 0.4) is 0 Å². The predicted molar refractivity (Wildman–Crippen MR) is 61.0 cm³/mol. The zero-order valence-corrected chi connectivity index (χ0v) is 9.99. The number of nitrogens with one attached hydrogen (secondary N) is 2. The predicted octanol–water partition coefficient (Wildman–Crippen LogP) is 2.10. The van der Waals surface area contributed by atoms with Gasteiger partial charge in [-0.2, -0.15) is 13.2 Å². The summed E-state index contributed by atoms with van der Waals surface area (Å²) in [4.78, 5) is 10.4. The van der Waals surface area contributed by atoms with E-state index in [-0.39, 0.29) is 11.5 Å². The van der Waals surface area contributed by atoms with Crippen LogP contribution in [0.2, 0.25) is 0 Å². The van der Waals surface area contributed by atoms with Gasteiger partial charge in [-0.15, -0.1) is 0 Å². The topological polar surface area (TPSA) is 70.6 Å². The molecule has 106 valence electrons. The normalized spacial score (nSPS) is 20.0. The summed E-state index contributed by atoms with van der Waals surface area (Å²) in [5.41, 5.74) is 0.0811. The molecule has 1 heterocycles. The zero-order chi connectivity index (χ0) is 14.6. The second kappa shape index (κ2) is 5.68. The first-order chi connectivity index (χ1) is 8.70. The molecule has 0 aliphatic carbocycles. The van der Waals surface area contributed by atoms with E-state index in [0.717, 1.165) is 6.92 Å². The van der Waals surface area contributed by atoms with E-state index in [1.165, 1.54) is 18.4 Å². The van der Waals surface area contributed by atoms with Crippen LogP contribution in [-0.4, -0.2) is 29.5 Å². The average Bonchev–Trinajstić information content (AvgIpc) is 2.27. The van der Waals surface area contributed by atoms with Crippen molar-refractivity contribution < 1.29 is 27.8 Å². The van der Waals surface area contributed by atoms with Crippen LogP contribution in [0, 0.1) is 0 Å². The van der Waals surface area contributed by atoms with Crippen molar-refractivity contribution in [1.29, 1.82) is 0 Å². The van der Waals surface area contributed by atoms with E-state index >= 15 is 0 Å². The lowest BCUT2D eigenvalue weighted by molar-refractivity contribution is -0.202. The molecule has 0 aromatic carbocycles. The number of halogens is 3. The first-order valence-electron chi connectivity index (χ1n) is 5.26. The van der Waals surface area contributed by atoms with Crippen molar-refractivity contribution in [3.05, 3.63) is 36.4 Å². The van der Waals surface area contributed by atoms with Crippen LogP contribution < -0.4 is 10.6 Å². The molecule has 2 atom stereocenters. The Balaban J connectivity index is 2.69. The van der Waals surface area contributed by atoms with Crippen molar-refractivity contribution in [2.75, 3.05) is 0 Å². The maximum atomic E-state index is 12.3. The number of hydrogen-bond donors (Lipinski definition) is 3. The molecular weight excluding hydrogens is 265 g/mol. The SMILES string of the molecule is C=C(NC(=O)O)C1C=C(OC(C)C(F)(F)F)C=CN1. The molecule has 0 bridgehead atoms.